The highest BCUT2D eigenvalue weighted by atomic mass is 28.3. The monoisotopic (exact) mass is 1490 g/mol. The Morgan fingerprint density at radius 2 is 1.17 bits per heavy atom. The summed E-state index contributed by atoms with van der Waals surface area (Å²) >= 11 is 0. The number of aromatic amines is 1. The fourth-order valence-corrected chi connectivity index (χ4v) is 18.2. The zero-order valence-electron chi connectivity index (χ0n) is 64.1. The van der Waals surface area contributed by atoms with Gasteiger partial charge in [-0.3, -0.25) is 62.9 Å². The predicted octanol–water partition coefficient (Wildman–Crippen LogP) is 0.778. The van der Waals surface area contributed by atoms with E-state index in [1.54, 1.807) is 49.9 Å². The summed E-state index contributed by atoms with van der Waals surface area (Å²) in [7, 11) is 0.211. The van der Waals surface area contributed by atoms with E-state index in [4.69, 9.17) is 22.6 Å². The van der Waals surface area contributed by atoms with Crippen molar-refractivity contribution in [1.29, 1.82) is 5.41 Å². The Morgan fingerprint density at radius 3 is 1.76 bits per heavy atom. The second-order valence-electron chi connectivity index (χ2n) is 30.9. The third-order valence-electron chi connectivity index (χ3n) is 17.9. The van der Waals surface area contributed by atoms with Gasteiger partial charge in [0.1, 0.15) is 42.3 Å². The van der Waals surface area contributed by atoms with E-state index in [1.165, 1.54) is 24.6 Å². The number of para-hydroxylation sites is 1. The van der Waals surface area contributed by atoms with E-state index in [1.807, 2.05) is 45.9 Å². The standard InChI is InChI=1S/C74H118N18O13Si/c1-42(2)32-54(58(93)37-62(97)87-55(65(76)99)33-43(3)4)89-70(104)57(36-48-39-79-41-92(48)14)88-63(98)40-83-71(105)64(44(5)6)91-66(100)45(7)84-69(103)56(35-47-38-82-51-21-16-15-20-50(47)51)90-68(102)53(28-29-59(75)94)85-60(95)23-17-18-30-80-67(101)52(22-19-31-81-72(77)78)86-61(96)34-46-24-26-49(27-25-46)106(73(8,9)10)74(11,12)13/h15-16,20-21,24-27,38-39,41-45,52-58,64,82,93,106H,17-19,22-23,28-37,40H2,1-14H3,(H2,75,94)(H2,76,99)(H,80,101)(H,83,105)(H,84,103)(H,85,95)(H,86,96)(H,87,97)(H,88,98)(H,89,104)(H,90,102)(H,91,100)(H4,77,78,81)/t45-,52-,53-,54-,55-,56-,57-,58-,64-/m0/s1. The molecule has 0 radical (unpaired) electrons. The van der Waals surface area contributed by atoms with Crippen molar-refractivity contribution in [3.05, 3.63) is 84.1 Å². The van der Waals surface area contributed by atoms with E-state index in [0.717, 1.165) is 16.5 Å². The number of nitrogens with one attached hydrogen (secondary N) is 13. The van der Waals surface area contributed by atoms with Gasteiger partial charge in [-0.1, -0.05) is 131 Å². The van der Waals surface area contributed by atoms with Gasteiger partial charge in [0.15, 0.2) is 5.96 Å². The van der Waals surface area contributed by atoms with Crippen LogP contribution in [0, 0.1) is 23.2 Å². The molecule has 4 aromatic rings. The third-order valence-corrected chi connectivity index (χ3v) is 22.5. The summed E-state index contributed by atoms with van der Waals surface area (Å²) in [4.78, 5) is 170. The molecule has 0 unspecified atom stereocenters. The molecule has 2 aromatic heterocycles. The van der Waals surface area contributed by atoms with Crippen LogP contribution in [0.15, 0.2) is 67.3 Å². The van der Waals surface area contributed by atoms with Crippen LogP contribution in [0.25, 0.3) is 10.9 Å². The second-order valence-corrected chi connectivity index (χ2v) is 35.8. The molecule has 20 N–H and O–H groups in total. The first-order valence-electron chi connectivity index (χ1n) is 36.5. The van der Waals surface area contributed by atoms with E-state index in [9.17, 15) is 62.6 Å². The topological polar surface area (TPSA) is 493 Å². The molecule has 0 saturated heterocycles. The largest absolute Gasteiger partial charge is 0.390 e. The molecule has 0 fully saturated rings. The number of carbonyl (C=O) groups excluding carboxylic acids is 12. The van der Waals surface area contributed by atoms with Gasteiger partial charge in [0.05, 0.1) is 46.7 Å². The quantitative estimate of drug-likeness (QED) is 0.0126. The Balaban J connectivity index is 1.42. The minimum Gasteiger partial charge on any atom is -0.390 e. The molecule has 31 nitrogen and oxygen atoms in total. The Kier molecular flexibility index (Phi) is 35.5. The average Bonchev–Trinajstić information content (AvgIpc) is 1.35. The molecule has 2 aromatic carbocycles. The Labute approximate surface area is 623 Å². The third kappa shape index (κ3) is 30.8. The van der Waals surface area contributed by atoms with Crippen molar-refractivity contribution < 1.29 is 62.6 Å². The molecular formula is C74H118N18O13Si. The number of aliphatic hydroxyl groups is 1. The molecule has 106 heavy (non-hydrogen) atoms. The number of guanidine groups is 1. The van der Waals surface area contributed by atoms with Gasteiger partial charge >= 0.3 is 0 Å². The van der Waals surface area contributed by atoms with Crippen molar-refractivity contribution >= 4 is 102 Å². The lowest BCUT2D eigenvalue weighted by atomic mass is 9.96. The number of carbonyl (C=O) groups is 12. The maximum absolute atomic E-state index is 14.5. The summed E-state index contributed by atoms with van der Waals surface area (Å²) in [6, 6.07) is 5.74. The number of amides is 12. The first-order chi connectivity index (χ1) is 49.6. The molecule has 0 bridgehead atoms. The van der Waals surface area contributed by atoms with Gasteiger partial charge in [0, 0.05) is 74.8 Å². The number of unbranched alkanes of at least 4 members (excludes halogenated alkanes) is 1. The lowest BCUT2D eigenvalue weighted by Gasteiger charge is -2.39. The number of aryl methyl sites for hydroxylation is 1. The number of hydrogen-bond acceptors (Lipinski definition) is 15. The van der Waals surface area contributed by atoms with Crippen LogP contribution in [0.3, 0.4) is 0 Å². The smallest absolute Gasteiger partial charge is 0.243 e. The van der Waals surface area contributed by atoms with Crippen molar-refractivity contribution in [2.45, 2.75) is 238 Å². The molecular weight excluding hydrogens is 1380 g/mol. The van der Waals surface area contributed by atoms with Crippen LogP contribution in [0.1, 0.15) is 171 Å². The molecule has 0 saturated carbocycles. The number of primary amides is 2. The van der Waals surface area contributed by atoms with Crippen molar-refractivity contribution in [1.82, 2.24) is 73.0 Å². The van der Waals surface area contributed by atoms with Crippen molar-refractivity contribution in [2.75, 3.05) is 19.6 Å². The number of aromatic nitrogens is 3. The minimum absolute atomic E-state index is 0.0200. The number of aliphatic hydroxyl groups excluding tert-OH is 1. The molecule has 4 rings (SSSR count). The summed E-state index contributed by atoms with van der Waals surface area (Å²) in [5.41, 5.74) is 19.2. The fraction of sp³-hybridized carbons (Fsp3) is 0.595. The number of rotatable bonds is 44. The van der Waals surface area contributed by atoms with Crippen LogP contribution < -0.4 is 80.9 Å². The lowest BCUT2D eigenvalue weighted by Crippen LogP contribution is -2.59. The van der Waals surface area contributed by atoms with E-state index in [0.29, 0.717) is 30.6 Å². The molecule has 2 heterocycles. The average molecular weight is 1500 g/mol. The highest BCUT2D eigenvalue weighted by Crippen LogP contribution is 2.41. The molecule has 0 spiro atoms. The number of H-pyrrole nitrogens is 1. The second kappa shape index (κ2) is 42.4. The zero-order chi connectivity index (χ0) is 79.3. The van der Waals surface area contributed by atoms with Gasteiger partial charge < -0.3 is 90.3 Å². The van der Waals surface area contributed by atoms with E-state index in [2.05, 4.69) is 122 Å². The van der Waals surface area contributed by atoms with Crippen LogP contribution in [-0.2, 0) is 83.8 Å². The first-order valence-corrected chi connectivity index (χ1v) is 38.2. The molecule has 32 heteroatoms. The summed E-state index contributed by atoms with van der Waals surface area (Å²) in [6.07, 6.45) is 3.51. The number of benzene rings is 2. The molecule has 0 aliphatic carbocycles. The van der Waals surface area contributed by atoms with E-state index < -0.39 is 147 Å². The predicted molar refractivity (Wildman–Crippen MR) is 407 cm³/mol. The van der Waals surface area contributed by atoms with Crippen LogP contribution in [0.2, 0.25) is 10.1 Å². The summed E-state index contributed by atoms with van der Waals surface area (Å²) in [6.45, 7) is 25.4. The van der Waals surface area contributed by atoms with E-state index in [-0.39, 0.29) is 105 Å². The van der Waals surface area contributed by atoms with Gasteiger partial charge in [0.25, 0.3) is 0 Å². The van der Waals surface area contributed by atoms with Crippen molar-refractivity contribution in [3.63, 3.8) is 0 Å². The molecule has 0 aliphatic heterocycles. The highest BCUT2D eigenvalue weighted by molar-refractivity contribution is 6.78. The maximum Gasteiger partial charge on any atom is 0.243 e. The zero-order valence-corrected chi connectivity index (χ0v) is 65.3. The number of nitrogens with two attached hydrogens (primary N) is 3. The van der Waals surface area contributed by atoms with Crippen molar-refractivity contribution in [2.24, 2.45) is 42.0 Å². The normalized spacial score (nSPS) is 14.3. The maximum atomic E-state index is 14.5. The fourth-order valence-electron chi connectivity index (χ4n) is 13.0. The first kappa shape index (κ1) is 88.7. The van der Waals surface area contributed by atoms with Crippen LogP contribution in [0.5, 0.6) is 0 Å². The molecule has 586 valence electrons. The number of fused-ring (bicyclic) bond motifs is 1. The van der Waals surface area contributed by atoms with Gasteiger partial charge in [0.2, 0.25) is 70.9 Å². The van der Waals surface area contributed by atoms with Gasteiger partial charge in [-0.2, -0.15) is 0 Å². The van der Waals surface area contributed by atoms with Gasteiger partial charge in [-0.15, -0.1) is 0 Å². The Morgan fingerprint density at radius 1 is 0.585 bits per heavy atom. The van der Waals surface area contributed by atoms with Crippen LogP contribution in [-0.4, -0.2) is 179 Å². The molecule has 12 amide bonds. The number of imidazole rings is 1. The SMILES string of the molecule is CC(C)C[C@H](NC(=O)C[C@H](O)[C@H](CC(C)C)NC(=O)[C@H](Cc1cncn1C)NC(=O)CNC(=O)[C@@H](NC(=O)[C@H](C)NC(=O)[C@H](Cc1c[nH]c2ccccc12)NC(=O)[C@H](CCC(N)=O)NC(=O)CCCCNC(=O)[C@H](CCCNC(=N)N)NC(=O)Cc1ccc([SiH](C(C)(C)C)C(C)(C)C)cc1)C(C)C)C(N)=O. The van der Waals surface area contributed by atoms with Crippen molar-refractivity contribution in [3.8, 4) is 0 Å². The van der Waals surface area contributed by atoms with Gasteiger partial charge in [-0.05, 0) is 96.9 Å². The Bertz CT molecular complexity index is 3620. The Hall–Kier alpha value is -9.72. The summed E-state index contributed by atoms with van der Waals surface area (Å²) < 4.78 is 1.63. The minimum atomic E-state index is -1.47. The summed E-state index contributed by atoms with van der Waals surface area (Å²) in [5, 5.41) is 50.7. The highest BCUT2D eigenvalue weighted by Gasteiger charge is 2.39. The molecule has 0 aliphatic rings. The molecule has 9 atom stereocenters. The lowest BCUT2D eigenvalue weighted by molar-refractivity contribution is -0.135. The van der Waals surface area contributed by atoms with E-state index >= 15 is 0 Å². The number of nitrogens with zero attached hydrogens (tertiary/aromatic N) is 2. The number of hydrogen-bond donors (Lipinski definition) is 17. The van der Waals surface area contributed by atoms with Crippen LogP contribution in [0.4, 0.5) is 0 Å². The van der Waals surface area contributed by atoms with Crippen LogP contribution >= 0.6 is 0 Å². The summed E-state index contributed by atoms with van der Waals surface area (Å²) in [5.74, 6) is -9.31. The van der Waals surface area contributed by atoms with Gasteiger partial charge in [-0.25, -0.2) is 4.98 Å².